The number of hydrogen-bond donors (Lipinski definition) is 0. The van der Waals surface area contributed by atoms with E-state index in [4.69, 9.17) is 14.2 Å². The summed E-state index contributed by atoms with van der Waals surface area (Å²) in [6, 6.07) is 13.7. The Kier molecular flexibility index (Phi) is 6.63. The number of carbonyl (C=O) groups excluding carboxylic acids is 1. The van der Waals surface area contributed by atoms with Gasteiger partial charge in [0.25, 0.3) is 0 Å². The molecule has 0 bridgehead atoms. The Balaban J connectivity index is 1.55. The van der Waals surface area contributed by atoms with Crippen LogP contribution in [0.2, 0.25) is 0 Å². The van der Waals surface area contributed by atoms with Crippen molar-refractivity contribution in [1.29, 1.82) is 0 Å². The van der Waals surface area contributed by atoms with Gasteiger partial charge in [-0.2, -0.15) is 0 Å². The van der Waals surface area contributed by atoms with E-state index in [0.29, 0.717) is 31.9 Å². The van der Waals surface area contributed by atoms with Crippen LogP contribution in [0.1, 0.15) is 12.5 Å². The first-order chi connectivity index (χ1) is 13.6. The molecule has 1 saturated heterocycles. The summed E-state index contributed by atoms with van der Waals surface area (Å²) >= 11 is 0. The molecule has 2 aromatic carbocycles. The molecule has 0 aromatic heterocycles. The average Bonchev–Trinajstić information content (AvgIpc) is 2.75. The van der Waals surface area contributed by atoms with E-state index in [2.05, 4.69) is 4.90 Å². The molecule has 0 unspecified atom stereocenters. The predicted molar refractivity (Wildman–Crippen MR) is 110 cm³/mol. The predicted octanol–water partition coefficient (Wildman–Crippen LogP) is 2.99. The summed E-state index contributed by atoms with van der Waals surface area (Å²) in [6.45, 7) is 5.62. The quantitative estimate of drug-likeness (QED) is 0.735. The molecule has 0 N–H and O–H groups in total. The fraction of sp³-hybridized carbons (Fsp3) is 0.409. The lowest BCUT2D eigenvalue weighted by molar-refractivity contribution is -0.130. The van der Waals surface area contributed by atoms with Gasteiger partial charge in [-0.15, -0.1) is 0 Å². The number of nitrogens with zero attached hydrogens (tertiary/aromatic N) is 2. The van der Waals surface area contributed by atoms with Crippen molar-refractivity contribution >= 4 is 11.6 Å². The minimum atomic E-state index is 0.163. The second-order valence-electron chi connectivity index (χ2n) is 6.66. The van der Waals surface area contributed by atoms with Crippen LogP contribution in [0, 0.1) is 0 Å². The molecule has 0 spiro atoms. The van der Waals surface area contributed by atoms with Gasteiger partial charge in [0.15, 0.2) is 11.5 Å². The molecule has 2 aromatic rings. The van der Waals surface area contributed by atoms with Gasteiger partial charge < -0.3 is 24.0 Å². The van der Waals surface area contributed by atoms with Crippen molar-refractivity contribution in [3.8, 4) is 17.2 Å². The summed E-state index contributed by atoms with van der Waals surface area (Å²) in [4.78, 5) is 16.8. The van der Waals surface area contributed by atoms with Gasteiger partial charge >= 0.3 is 0 Å². The number of hydrogen-bond acceptors (Lipinski definition) is 5. The number of benzene rings is 2. The van der Waals surface area contributed by atoms with Crippen molar-refractivity contribution in [3.05, 3.63) is 48.0 Å². The maximum absolute atomic E-state index is 12.6. The van der Waals surface area contributed by atoms with Crippen LogP contribution in [0.25, 0.3) is 0 Å². The number of methoxy groups -OCH3 is 2. The van der Waals surface area contributed by atoms with Crippen LogP contribution in [-0.4, -0.2) is 57.8 Å². The number of piperazine rings is 1. The van der Waals surface area contributed by atoms with E-state index in [-0.39, 0.29) is 5.91 Å². The second-order valence-corrected chi connectivity index (χ2v) is 6.66. The van der Waals surface area contributed by atoms with Crippen LogP contribution in [0.15, 0.2) is 42.5 Å². The van der Waals surface area contributed by atoms with Crippen LogP contribution in [0.3, 0.4) is 0 Å². The van der Waals surface area contributed by atoms with Gasteiger partial charge in [0.2, 0.25) is 5.91 Å². The molecule has 1 fully saturated rings. The van der Waals surface area contributed by atoms with Crippen LogP contribution in [0.4, 0.5) is 5.69 Å². The van der Waals surface area contributed by atoms with Gasteiger partial charge in [0.05, 0.1) is 27.2 Å². The monoisotopic (exact) mass is 384 g/mol. The van der Waals surface area contributed by atoms with Gasteiger partial charge in [-0.3, -0.25) is 4.79 Å². The maximum Gasteiger partial charge on any atom is 0.227 e. The Labute approximate surface area is 166 Å². The number of ether oxygens (including phenoxy) is 3. The molecular weight excluding hydrogens is 356 g/mol. The standard InChI is InChI=1S/C22H28N2O4/c1-4-28-19-8-5-17(6-9-19)15-22(25)24-13-11-23(12-14-24)18-7-10-20(26-2)21(16-18)27-3/h5-10,16H,4,11-15H2,1-3H3. The third kappa shape index (κ3) is 4.68. The molecule has 3 rings (SSSR count). The highest BCUT2D eigenvalue weighted by Gasteiger charge is 2.22. The highest BCUT2D eigenvalue weighted by atomic mass is 16.5. The number of rotatable bonds is 7. The van der Waals surface area contributed by atoms with Gasteiger partial charge in [-0.1, -0.05) is 12.1 Å². The summed E-state index contributed by atoms with van der Waals surface area (Å²) in [5.74, 6) is 2.43. The van der Waals surface area contributed by atoms with Crippen molar-refractivity contribution in [1.82, 2.24) is 4.90 Å². The molecule has 0 aliphatic carbocycles. The first-order valence-corrected chi connectivity index (χ1v) is 9.61. The summed E-state index contributed by atoms with van der Waals surface area (Å²) in [7, 11) is 3.27. The van der Waals surface area contributed by atoms with Gasteiger partial charge in [-0.05, 0) is 36.8 Å². The molecule has 0 saturated carbocycles. The van der Waals surface area contributed by atoms with Gasteiger partial charge in [-0.25, -0.2) is 0 Å². The number of carbonyl (C=O) groups is 1. The number of anilines is 1. The highest BCUT2D eigenvalue weighted by molar-refractivity contribution is 5.79. The van der Waals surface area contributed by atoms with Crippen LogP contribution < -0.4 is 19.1 Å². The third-order valence-electron chi connectivity index (χ3n) is 4.95. The Morgan fingerprint density at radius 2 is 1.61 bits per heavy atom. The van der Waals surface area contributed by atoms with E-state index in [9.17, 15) is 4.79 Å². The molecule has 0 radical (unpaired) electrons. The summed E-state index contributed by atoms with van der Waals surface area (Å²) in [5.41, 5.74) is 2.09. The largest absolute Gasteiger partial charge is 0.494 e. The molecule has 1 aliphatic rings. The first-order valence-electron chi connectivity index (χ1n) is 9.61. The molecule has 1 heterocycles. The zero-order valence-electron chi connectivity index (χ0n) is 16.8. The summed E-state index contributed by atoms with van der Waals surface area (Å²) in [6.07, 6.45) is 0.419. The van der Waals surface area contributed by atoms with E-state index >= 15 is 0 Å². The molecule has 1 amide bonds. The fourth-order valence-corrected chi connectivity index (χ4v) is 3.39. The lowest BCUT2D eigenvalue weighted by atomic mass is 10.1. The fourth-order valence-electron chi connectivity index (χ4n) is 3.39. The molecule has 150 valence electrons. The first kappa shape index (κ1) is 19.9. The van der Waals surface area contributed by atoms with E-state index < -0.39 is 0 Å². The van der Waals surface area contributed by atoms with E-state index in [1.807, 2.05) is 54.3 Å². The molecule has 6 nitrogen and oxygen atoms in total. The minimum Gasteiger partial charge on any atom is -0.494 e. The second kappa shape index (κ2) is 9.35. The summed E-state index contributed by atoms with van der Waals surface area (Å²) in [5, 5.41) is 0. The SMILES string of the molecule is CCOc1ccc(CC(=O)N2CCN(c3ccc(OC)c(OC)c3)CC2)cc1. The van der Waals surface area contributed by atoms with Crippen molar-refractivity contribution in [2.75, 3.05) is 51.9 Å². The average molecular weight is 384 g/mol. The van der Waals surface area contributed by atoms with Crippen LogP contribution in [-0.2, 0) is 11.2 Å². The minimum absolute atomic E-state index is 0.163. The van der Waals surface area contributed by atoms with Gasteiger partial charge in [0, 0.05) is 37.9 Å². The van der Waals surface area contributed by atoms with Crippen molar-refractivity contribution in [3.63, 3.8) is 0 Å². The van der Waals surface area contributed by atoms with Crippen LogP contribution in [0.5, 0.6) is 17.2 Å². The van der Waals surface area contributed by atoms with E-state index in [0.717, 1.165) is 35.8 Å². The zero-order valence-corrected chi connectivity index (χ0v) is 16.8. The van der Waals surface area contributed by atoms with Gasteiger partial charge in [0.1, 0.15) is 5.75 Å². The Morgan fingerprint density at radius 3 is 2.21 bits per heavy atom. The Morgan fingerprint density at radius 1 is 0.929 bits per heavy atom. The molecule has 28 heavy (non-hydrogen) atoms. The topological polar surface area (TPSA) is 51.2 Å². The lowest BCUT2D eigenvalue weighted by Gasteiger charge is -2.36. The molecule has 6 heteroatoms. The highest BCUT2D eigenvalue weighted by Crippen LogP contribution is 2.31. The van der Waals surface area contributed by atoms with Crippen LogP contribution >= 0.6 is 0 Å². The maximum atomic E-state index is 12.6. The molecular formula is C22H28N2O4. The Bertz CT molecular complexity index is 784. The molecule has 1 aliphatic heterocycles. The third-order valence-corrected chi connectivity index (χ3v) is 4.95. The summed E-state index contributed by atoms with van der Waals surface area (Å²) < 4.78 is 16.1. The van der Waals surface area contributed by atoms with Crippen molar-refractivity contribution < 1.29 is 19.0 Å². The normalized spacial score (nSPS) is 14.0. The van der Waals surface area contributed by atoms with E-state index in [1.54, 1.807) is 14.2 Å². The zero-order chi connectivity index (χ0) is 19.9. The lowest BCUT2D eigenvalue weighted by Crippen LogP contribution is -2.49. The smallest absolute Gasteiger partial charge is 0.227 e. The molecule has 0 atom stereocenters. The van der Waals surface area contributed by atoms with Crippen molar-refractivity contribution in [2.24, 2.45) is 0 Å². The van der Waals surface area contributed by atoms with Crippen molar-refractivity contribution in [2.45, 2.75) is 13.3 Å². The number of amides is 1. The van der Waals surface area contributed by atoms with E-state index in [1.165, 1.54) is 0 Å². The Hall–Kier alpha value is -2.89.